The number of halogens is 3. The van der Waals surface area contributed by atoms with E-state index in [9.17, 15) is 23.3 Å². The number of hydrogen-bond acceptors (Lipinski definition) is 5. The van der Waals surface area contributed by atoms with E-state index in [4.69, 9.17) is 9.84 Å². The summed E-state index contributed by atoms with van der Waals surface area (Å²) in [5.41, 5.74) is -0.0640. The van der Waals surface area contributed by atoms with Crippen molar-refractivity contribution in [2.75, 3.05) is 19.6 Å². The van der Waals surface area contributed by atoms with Crippen molar-refractivity contribution in [2.24, 2.45) is 0 Å². The molecule has 0 spiro atoms. The zero-order chi connectivity index (χ0) is 15.6. The quantitative estimate of drug-likeness (QED) is 0.660. The highest BCUT2D eigenvalue weighted by atomic mass is 19.4. The number of aliphatic hydroxyl groups is 1. The topological polar surface area (TPSA) is 75.8 Å². The molecular weight excluding hydrogens is 293 g/mol. The van der Waals surface area contributed by atoms with Crippen molar-refractivity contribution >= 4 is 5.69 Å². The van der Waals surface area contributed by atoms with Crippen molar-refractivity contribution in [3.05, 3.63) is 34.4 Å². The van der Waals surface area contributed by atoms with Crippen molar-refractivity contribution in [1.29, 1.82) is 0 Å². The van der Waals surface area contributed by atoms with E-state index in [1.54, 1.807) is 0 Å². The first-order valence-corrected chi connectivity index (χ1v) is 6.14. The molecule has 0 saturated carbocycles. The number of nitrogens with zero attached hydrogens (tertiary/aromatic N) is 2. The summed E-state index contributed by atoms with van der Waals surface area (Å²) in [6, 6.07) is 5.45. The van der Waals surface area contributed by atoms with Crippen LogP contribution >= 0.6 is 0 Å². The lowest BCUT2D eigenvalue weighted by Gasteiger charge is -2.40. The van der Waals surface area contributed by atoms with E-state index in [1.807, 2.05) is 0 Å². The highest BCUT2D eigenvalue weighted by Gasteiger charge is 2.41. The van der Waals surface area contributed by atoms with Gasteiger partial charge in [-0.05, 0) is 12.1 Å². The van der Waals surface area contributed by atoms with Crippen molar-refractivity contribution in [2.45, 2.75) is 18.4 Å². The molecule has 1 aromatic carbocycles. The Morgan fingerprint density at radius 1 is 1.38 bits per heavy atom. The number of benzene rings is 1. The maximum Gasteiger partial charge on any atom is 0.415 e. The predicted molar refractivity (Wildman–Crippen MR) is 66.0 cm³/mol. The molecule has 1 aliphatic rings. The average Bonchev–Trinajstić information content (AvgIpc) is 2.35. The standard InChI is InChI=1S/C12H13F3N2O4/c13-12(14,15)11(18)7-16-5-10(6-16)21-9-3-1-8(2-4-9)17(19)20/h1-4,10-11,18H,5-7H2/t11-/m1/s1. The van der Waals surface area contributed by atoms with Gasteiger partial charge < -0.3 is 9.84 Å². The van der Waals surface area contributed by atoms with Gasteiger partial charge in [-0.25, -0.2) is 0 Å². The van der Waals surface area contributed by atoms with Gasteiger partial charge in [-0.15, -0.1) is 0 Å². The summed E-state index contributed by atoms with van der Waals surface area (Å²) in [6.07, 6.45) is -7.27. The largest absolute Gasteiger partial charge is 0.488 e. The lowest BCUT2D eigenvalue weighted by Crippen LogP contribution is -2.57. The minimum absolute atomic E-state index is 0.0640. The number of nitro groups is 1. The molecule has 2 rings (SSSR count). The van der Waals surface area contributed by atoms with E-state index in [1.165, 1.54) is 29.2 Å². The summed E-state index contributed by atoms with van der Waals surface area (Å²) < 4.78 is 41.9. The van der Waals surface area contributed by atoms with Crippen LogP contribution in [0, 0.1) is 10.1 Å². The molecule has 0 radical (unpaired) electrons. The summed E-state index contributed by atoms with van der Waals surface area (Å²) in [7, 11) is 0. The van der Waals surface area contributed by atoms with Gasteiger partial charge in [0, 0.05) is 31.8 Å². The molecule has 9 heteroatoms. The van der Waals surface area contributed by atoms with E-state index in [-0.39, 0.29) is 24.9 Å². The molecule has 0 aromatic heterocycles. The van der Waals surface area contributed by atoms with E-state index in [0.717, 1.165) is 0 Å². The maximum absolute atomic E-state index is 12.2. The van der Waals surface area contributed by atoms with Gasteiger partial charge in [-0.2, -0.15) is 13.2 Å². The first-order valence-electron chi connectivity index (χ1n) is 6.14. The van der Waals surface area contributed by atoms with Crippen LogP contribution in [-0.4, -0.2) is 52.9 Å². The van der Waals surface area contributed by atoms with Crippen LogP contribution in [0.15, 0.2) is 24.3 Å². The van der Waals surface area contributed by atoms with Gasteiger partial charge >= 0.3 is 6.18 Å². The Morgan fingerprint density at radius 3 is 2.43 bits per heavy atom. The number of β-amino-alcohol motifs (C(OH)–C–C–N with tert-alkyl or cyclic N) is 1. The molecule has 6 nitrogen and oxygen atoms in total. The second-order valence-corrected chi connectivity index (χ2v) is 4.77. The molecule has 0 bridgehead atoms. The van der Waals surface area contributed by atoms with Crippen LogP contribution in [0.4, 0.5) is 18.9 Å². The smallest absolute Gasteiger partial charge is 0.415 e. The van der Waals surface area contributed by atoms with Gasteiger partial charge in [-0.1, -0.05) is 0 Å². The van der Waals surface area contributed by atoms with Crippen molar-refractivity contribution in [3.63, 3.8) is 0 Å². The third-order valence-electron chi connectivity index (χ3n) is 3.08. The summed E-state index contributed by atoms with van der Waals surface area (Å²) in [4.78, 5) is 11.4. The summed E-state index contributed by atoms with van der Waals surface area (Å²) in [5, 5.41) is 19.4. The molecule has 1 aliphatic heterocycles. The number of nitro benzene ring substituents is 1. The molecule has 0 amide bonds. The van der Waals surface area contributed by atoms with Gasteiger partial charge in [0.15, 0.2) is 6.10 Å². The summed E-state index contributed by atoms with van der Waals surface area (Å²) in [6.45, 7) is 0.0534. The average molecular weight is 306 g/mol. The number of ether oxygens (including phenoxy) is 1. The summed E-state index contributed by atoms with van der Waals surface area (Å²) in [5.74, 6) is 0.418. The highest BCUT2D eigenvalue weighted by molar-refractivity contribution is 5.36. The number of aliphatic hydroxyl groups excluding tert-OH is 1. The van der Waals surface area contributed by atoms with Gasteiger partial charge in [0.25, 0.3) is 5.69 Å². The molecule has 0 unspecified atom stereocenters. The molecule has 0 aliphatic carbocycles. The minimum Gasteiger partial charge on any atom is -0.488 e. The van der Waals surface area contributed by atoms with Crippen LogP contribution in [0.1, 0.15) is 0 Å². The zero-order valence-electron chi connectivity index (χ0n) is 10.8. The molecule has 1 heterocycles. The molecule has 21 heavy (non-hydrogen) atoms. The van der Waals surface area contributed by atoms with Crippen molar-refractivity contribution in [1.82, 2.24) is 4.90 Å². The third kappa shape index (κ3) is 4.05. The van der Waals surface area contributed by atoms with Gasteiger partial charge in [0.1, 0.15) is 11.9 Å². The Bertz CT molecular complexity index is 500. The molecule has 116 valence electrons. The fourth-order valence-corrected chi connectivity index (χ4v) is 1.93. The lowest BCUT2D eigenvalue weighted by molar-refractivity contribution is -0.384. The number of alkyl halides is 3. The zero-order valence-corrected chi connectivity index (χ0v) is 10.8. The second kappa shape index (κ2) is 5.86. The minimum atomic E-state index is -4.62. The Balaban J connectivity index is 1.76. The fourth-order valence-electron chi connectivity index (χ4n) is 1.93. The predicted octanol–water partition coefficient (Wildman–Crippen LogP) is 1.58. The molecular formula is C12H13F3N2O4. The number of hydrogen-bond donors (Lipinski definition) is 1. The highest BCUT2D eigenvalue weighted by Crippen LogP contribution is 2.24. The first kappa shape index (κ1) is 15.5. The van der Waals surface area contributed by atoms with Crippen LogP contribution < -0.4 is 4.74 Å². The van der Waals surface area contributed by atoms with E-state index < -0.39 is 23.7 Å². The number of likely N-dealkylation sites (tertiary alicyclic amines) is 1. The Hall–Kier alpha value is -1.87. The normalized spacial score (nSPS) is 18.1. The fraction of sp³-hybridized carbons (Fsp3) is 0.500. The molecule has 1 fully saturated rings. The van der Waals surface area contributed by atoms with E-state index in [2.05, 4.69) is 0 Å². The van der Waals surface area contributed by atoms with Crippen LogP contribution in [0.2, 0.25) is 0 Å². The molecule has 1 saturated heterocycles. The van der Waals surface area contributed by atoms with Gasteiger partial charge in [0.05, 0.1) is 4.92 Å². The van der Waals surface area contributed by atoms with Crippen LogP contribution in [0.25, 0.3) is 0 Å². The molecule has 1 N–H and O–H groups in total. The molecule has 1 aromatic rings. The lowest BCUT2D eigenvalue weighted by atomic mass is 10.1. The number of rotatable bonds is 5. The van der Waals surface area contributed by atoms with Gasteiger partial charge in [0.2, 0.25) is 0 Å². The van der Waals surface area contributed by atoms with Crippen molar-refractivity contribution < 1.29 is 27.9 Å². The molecule has 1 atom stereocenters. The Labute approximate surface area is 117 Å². The monoisotopic (exact) mass is 306 g/mol. The van der Waals surface area contributed by atoms with E-state index >= 15 is 0 Å². The summed E-state index contributed by atoms with van der Waals surface area (Å²) >= 11 is 0. The number of non-ortho nitro benzene ring substituents is 1. The van der Waals surface area contributed by atoms with Gasteiger partial charge in [-0.3, -0.25) is 15.0 Å². The van der Waals surface area contributed by atoms with Crippen molar-refractivity contribution in [3.8, 4) is 5.75 Å². The van der Waals surface area contributed by atoms with Crippen LogP contribution in [0.5, 0.6) is 5.75 Å². The first-order chi connectivity index (χ1) is 9.75. The van der Waals surface area contributed by atoms with Crippen LogP contribution in [0.3, 0.4) is 0 Å². The van der Waals surface area contributed by atoms with E-state index in [0.29, 0.717) is 5.75 Å². The maximum atomic E-state index is 12.2. The Kier molecular flexibility index (Phi) is 4.33. The third-order valence-corrected chi connectivity index (χ3v) is 3.08. The second-order valence-electron chi connectivity index (χ2n) is 4.77. The van der Waals surface area contributed by atoms with Crippen LogP contribution in [-0.2, 0) is 0 Å². The Morgan fingerprint density at radius 2 is 1.95 bits per heavy atom. The SMILES string of the molecule is O=[N+]([O-])c1ccc(OC2CN(C[C@@H](O)C(F)(F)F)C2)cc1.